The molecule has 0 bridgehead atoms. The van der Waals surface area contributed by atoms with Crippen LogP contribution in [-0.2, 0) is 6.54 Å². The number of ether oxygens (including phenoxy) is 1. The molecule has 0 amide bonds. The lowest BCUT2D eigenvalue weighted by Gasteiger charge is -2.12. The van der Waals surface area contributed by atoms with E-state index in [1.54, 1.807) is 0 Å². The number of aldehydes is 1. The molecule has 1 aromatic rings. The second-order valence-corrected chi connectivity index (χ2v) is 3.00. The Kier molecular flexibility index (Phi) is 3.48. The predicted molar refractivity (Wildman–Crippen MR) is 48.9 cm³/mol. The fourth-order valence-electron chi connectivity index (χ4n) is 1.12. The molecule has 0 radical (unpaired) electrons. The molecule has 0 aliphatic heterocycles. The molecule has 0 spiro atoms. The lowest BCUT2D eigenvalue weighted by molar-refractivity contribution is -0.276. The third kappa shape index (κ3) is 2.93. The number of hydrogen-bond donors (Lipinski definition) is 1. The highest BCUT2D eigenvalue weighted by atomic mass is 19.4. The first-order chi connectivity index (χ1) is 7.37. The number of rotatable bonds is 3. The highest BCUT2D eigenvalue weighted by molar-refractivity contribution is 5.78. The molecule has 0 fully saturated rings. The van der Waals surface area contributed by atoms with Crippen LogP contribution in [0.3, 0.4) is 0 Å². The number of carbonyl (C=O) groups excluding carboxylic acids is 1. The smallest absolute Gasteiger partial charge is 0.387 e. The molecule has 2 N–H and O–H groups in total. The van der Waals surface area contributed by atoms with Crippen LogP contribution in [0.15, 0.2) is 6.07 Å². The van der Waals surface area contributed by atoms with Gasteiger partial charge >= 0.3 is 6.36 Å². The van der Waals surface area contributed by atoms with Gasteiger partial charge in [-0.2, -0.15) is 0 Å². The van der Waals surface area contributed by atoms with Crippen LogP contribution < -0.4 is 10.5 Å². The van der Waals surface area contributed by atoms with Crippen molar-refractivity contribution in [2.45, 2.75) is 19.8 Å². The molecule has 0 aromatic carbocycles. The Morgan fingerprint density at radius 2 is 2.19 bits per heavy atom. The quantitative estimate of drug-likeness (QED) is 0.806. The maximum Gasteiger partial charge on any atom is 0.574 e. The highest BCUT2D eigenvalue weighted by Crippen LogP contribution is 2.25. The summed E-state index contributed by atoms with van der Waals surface area (Å²) < 4.78 is 39.5. The number of nitrogens with zero attached hydrogens (tertiary/aromatic N) is 1. The summed E-state index contributed by atoms with van der Waals surface area (Å²) >= 11 is 0. The van der Waals surface area contributed by atoms with Crippen molar-refractivity contribution < 1.29 is 22.7 Å². The number of aromatic nitrogens is 1. The Balaban J connectivity index is 3.18. The van der Waals surface area contributed by atoms with Gasteiger partial charge in [0.2, 0.25) is 5.88 Å². The van der Waals surface area contributed by atoms with Gasteiger partial charge in [-0.15, -0.1) is 13.2 Å². The largest absolute Gasteiger partial charge is 0.574 e. The average molecular weight is 234 g/mol. The SMILES string of the molecule is Cc1nc(OC(F)(F)F)c(C=O)cc1CN. The van der Waals surface area contributed by atoms with Gasteiger partial charge in [-0.05, 0) is 18.6 Å². The van der Waals surface area contributed by atoms with E-state index >= 15 is 0 Å². The Hall–Kier alpha value is -1.63. The molecule has 7 heteroatoms. The maximum atomic E-state index is 12.0. The molecule has 0 saturated carbocycles. The molecule has 88 valence electrons. The van der Waals surface area contributed by atoms with E-state index in [1.165, 1.54) is 13.0 Å². The minimum absolute atomic E-state index is 0.0893. The van der Waals surface area contributed by atoms with Crippen molar-refractivity contribution in [3.8, 4) is 5.88 Å². The lowest BCUT2D eigenvalue weighted by Crippen LogP contribution is -2.19. The van der Waals surface area contributed by atoms with Crippen molar-refractivity contribution in [3.05, 3.63) is 22.9 Å². The second kappa shape index (κ2) is 4.48. The Labute approximate surface area is 89.2 Å². The molecule has 4 nitrogen and oxygen atoms in total. The summed E-state index contributed by atoms with van der Waals surface area (Å²) in [5.74, 6) is -0.753. The van der Waals surface area contributed by atoms with E-state index in [4.69, 9.17) is 5.73 Å². The average Bonchev–Trinajstić information content (AvgIpc) is 2.16. The summed E-state index contributed by atoms with van der Waals surface area (Å²) in [5, 5.41) is 0. The van der Waals surface area contributed by atoms with E-state index in [9.17, 15) is 18.0 Å². The predicted octanol–water partition coefficient (Wildman–Crippen LogP) is 1.56. The number of halogens is 3. The zero-order valence-electron chi connectivity index (χ0n) is 8.34. The van der Waals surface area contributed by atoms with Crippen molar-refractivity contribution in [3.63, 3.8) is 0 Å². The summed E-state index contributed by atoms with van der Waals surface area (Å²) in [6.07, 6.45) is -4.63. The van der Waals surface area contributed by atoms with Crippen molar-refractivity contribution >= 4 is 6.29 Å². The summed E-state index contributed by atoms with van der Waals surface area (Å²) in [5.41, 5.74) is 5.85. The van der Waals surface area contributed by atoms with Crippen molar-refractivity contribution in [2.24, 2.45) is 5.73 Å². The van der Waals surface area contributed by atoms with E-state index in [2.05, 4.69) is 9.72 Å². The van der Waals surface area contributed by atoms with Gasteiger partial charge in [0.25, 0.3) is 0 Å². The van der Waals surface area contributed by atoms with Crippen LogP contribution in [0.2, 0.25) is 0 Å². The second-order valence-electron chi connectivity index (χ2n) is 3.00. The van der Waals surface area contributed by atoms with E-state index < -0.39 is 12.2 Å². The molecular formula is C9H9F3N2O2. The van der Waals surface area contributed by atoms with Gasteiger partial charge in [-0.3, -0.25) is 4.79 Å². The van der Waals surface area contributed by atoms with E-state index in [-0.39, 0.29) is 18.4 Å². The number of alkyl halides is 3. The molecule has 0 aliphatic carbocycles. The standard InChI is InChI=1S/C9H9F3N2O2/c1-5-6(3-13)2-7(4-15)8(14-5)16-9(10,11)12/h2,4H,3,13H2,1H3. The molecule has 1 heterocycles. The minimum Gasteiger partial charge on any atom is -0.387 e. The third-order valence-electron chi connectivity index (χ3n) is 1.87. The first-order valence-electron chi connectivity index (χ1n) is 4.29. The Morgan fingerprint density at radius 3 is 2.62 bits per heavy atom. The van der Waals surface area contributed by atoms with E-state index in [0.717, 1.165) is 0 Å². The van der Waals surface area contributed by atoms with Crippen LogP contribution in [0, 0.1) is 6.92 Å². The molecule has 0 unspecified atom stereocenters. The third-order valence-corrected chi connectivity index (χ3v) is 1.87. The van der Waals surface area contributed by atoms with Gasteiger partial charge in [0.05, 0.1) is 5.56 Å². The molecular weight excluding hydrogens is 225 g/mol. The lowest BCUT2D eigenvalue weighted by atomic mass is 10.1. The number of pyridine rings is 1. The zero-order valence-corrected chi connectivity index (χ0v) is 8.34. The summed E-state index contributed by atoms with van der Waals surface area (Å²) in [6, 6.07) is 1.23. The van der Waals surface area contributed by atoms with Crippen LogP contribution >= 0.6 is 0 Å². The fourth-order valence-corrected chi connectivity index (χ4v) is 1.12. The number of carbonyl (C=O) groups is 1. The first-order valence-corrected chi connectivity index (χ1v) is 4.29. The van der Waals surface area contributed by atoms with Crippen LogP contribution in [-0.4, -0.2) is 17.6 Å². The summed E-state index contributed by atoms with van der Waals surface area (Å²) in [4.78, 5) is 14.1. The van der Waals surface area contributed by atoms with Gasteiger partial charge in [0.1, 0.15) is 0 Å². The highest BCUT2D eigenvalue weighted by Gasteiger charge is 2.33. The molecule has 0 saturated heterocycles. The zero-order chi connectivity index (χ0) is 12.3. The molecule has 1 aromatic heterocycles. The monoisotopic (exact) mass is 234 g/mol. The topological polar surface area (TPSA) is 65.2 Å². The number of aryl methyl sites for hydroxylation is 1. The Bertz CT molecular complexity index is 404. The Morgan fingerprint density at radius 1 is 1.56 bits per heavy atom. The van der Waals surface area contributed by atoms with Crippen molar-refractivity contribution in [1.29, 1.82) is 0 Å². The number of nitrogens with two attached hydrogens (primary N) is 1. The molecule has 1 rings (SSSR count). The van der Waals surface area contributed by atoms with Crippen LogP contribution in [0.5, 0.6) is 5.88 Å². The van der Waals surface area contributed by atoms with Crippen LogP contribution in [0.25, 0.3) is 0 Å². The van der Waals surface area contributed by atoms with Gasteiger partial charge < -0.3 is 10.5 Å². The first kappa shape index (κ1) is 12.4. The molecule has 0 atom stereocenters. The summed E-state index contributed by atoms with van der Waals surface area (Å²) in [6.45, 7) is 1.58. The van der Waals surface area contributed by atoms with Crippen molar-refractivity contribution in [2.75, 3.05) is 0 Å². The summed E-state index contributed by atoms with van der Waals surface area (Å²) in [7, 11) is 0. The van der Waals surface area contributed by atoms with Gasteiger partial charge in [0, 0.05) is 12.2 Å². The normalized spacial score (nSPS) is 11.3. The molecule has 0 aliphatic rings. The van der Waals surface area contributed by atoms with Crippen molar-refractivity contribution in [1.82, 2.24) is 4.98 Å². The van der Waals surface area contributed by atoms with Crippen LogP contribution in [0.4, 0.5) is 13.2 Å². The van der Waals surface area contributed by atoms with Crippen LogP contribution in [0.1, 0.15) is 21.6 Å². The number of hydrogen-bond acceptors (Lipinski definition) is 4. The van der Waals surface area contributed by atoms with Gasteiger partial charge in [-0.1, -0.05) is 0 Å². The fraction of sp³-hybridized carbons (Fsp3) is 0.333. The van der Waals surface area contributed by atoms with Gasteiger partial charge in [-0.25, -0.2) is 4.98 Å². The maximum absolute atomic E-state index is 12.0. The van der Waals surface area contributed by atoms with E-state index in [1.807, 2.05) is 0 Å². The van der Waals surface area contributed by atoms with E-state index in [0.29, 0.717) is 11.3 Å². The van der Waals surface area contributed by atoms with Gasteiger partial charge in [0.15, 0.2) is 6.29 Å². The minimum atomic E-state index is -4.87. The molecule has 16 heavy (non-hydrogen) atoms.